The first-order valence-electron chi connectivity index (χ1n) is 13.0. The summed E-state index contributed by atoms with van der Waals surface area (Å²) in [5, 5.41) is 0. The number of rotatable bonds is 8. The number of piperazine rings is 1. The maximum Gasteiger partial charge on any atom is 0.288 e. The molecule has 2 atom stereocenters. The number of benzene rings is 2. The number of carbonyl (C=O) groups is 4. The van der Waals surface area contributed by atoms with Crippen molar-refractivity contribution in [2.45, 2.75) is 38.0 Å². The Bertz CT molecular complexity index is 1110. The fourth-order valence-corrected chi connectivity index (χ4v) is 5.75. The third-order valence-electron chi connectivity index (χ3n) is 8.01. The van der Waals surface area contributed by atoms with Gasteiger partial charge in [0, 0.05) is 0 Å². The van der Waals surface area contributed by atoms with Crippen molar-refractivity contribution in [3.8, 4) is 11.5 Å². The Morgan fingerprint density at radius 2 is 0.974 bits per heavy atom. The fraction of sp³-hybridized carbons (Fsp3) is 0.429. The summed E-state index contributed by atoms with van der Waals surface area (Å²) < 4.78 is 10.4. The Balaban J connectivity index is 1.15. The van der Waals surface area contributed by atoms with E-state index >= 15 is 0 Å². The van der Waals surface area contributed by atoms with Crippen LogP contribution in [0.25, 0.3) is 0 Å². The molecule has 38 heavy (non-hydrogen) atoms. The number of nitrogens with zero attached hydrogens (tertiary/aromatic N) is 2. The van der Waals surface area contributed by atoms with Gasteiger partial charge in [0.1, 0.15) is 37.7 Å². The first kappa shape index (κ1) is 25.9. The van der Waals surface area contributed by atoms with Gasteiger partial charge in [-0.05, 0) is 35.4 Å². The molecule has 0 aliphatic carbocycles. The van der Waals surface area contributed by atoms with Crippen molar-refractivity contribution in [1.29, 1.82) is 0 Å². The minimum Gasteiger partial charge on any atom is -0.497 e. The Hall–Kier alpha value is -3.76. The Labute approximate surface area is 221 Å². The number of likely N-dealkylation sites (tertiary alicyclic amines) is 2. The number of hydrogen-bond donors (Lipinski definition) is 2. The van der Waals surface area contributed by atoms with E-state index in [1.165, 1.54) is 9.80 Å². The summed E-state index contributed by atoms with van der Waals surface area (Å²) in [7, 11) is 3.19. The predicted octanol–water partition coefficient (Wildman–Crippen LogP) is -1.56. The van der Waals surface area contributed by atoms with Crippen molar-refractivity contribution in [1.82, 2.24) is 9.80 Å². The highest BCUT2D eigenvalue weighted by Gasteiger charge is 2.49. The lowest BCUT2D eigenvalue weighted by Gasteiger charge is -2.34. The van der Waals surface area contributed by atoms with Gasteiger partial charge < -0.3 is 19.3 Å². The lowest BCUT2D eigenvalue weighted by Crippen LogP contribution is -3.31. The molecule has 10 nitrogen and oxygen atoms in total. The predicted molar refractivity (Wildman–Crippen MR) is 135 cm³/mol. The molecule has 2 aromatic carbocycles. The number of quaternary nitrogens is 2. The van der Waals surface area contributed by atoms with Gasteiger partial charge in [-0.25, -0.2) is 0 Å². The highest BCUT2D eigenvalue weighted by atomic mass is 16.5. The van der Waals surface area contributed by atoms with Gasteiger partial charge in [-0.3, -0.25) is 29.0 Å². The van der Waals surface area contributed by atoms with E-state index in [1.807, 2.05) is 48.5 Å². The van der Waals surface area contributed by atoms with E-state index in [1.54, 1.807) is 14.2 Å². The SMILES string of the molecule is COc1ccc(CN2C(=O)C[C@@H]([NH+]3CC[NH+]([C@H]4CC(=O)N(Cc5ccc(OC)cc5)C4=O)CC3)C2=O)cc1. The first-order valence-corrected chi connectivity index (χ1v) is 13.0. The van der Waals surface area contributed by atoms with Crippen LogP contribution >= 0.6 is 0 Å². The van der Waals surface area contributed by atoms with Gasteiger partial charge >= 0.3 is 0 Å². The van der Waals surface area contributed by atoms with E-state index in [9.17, 15) is 19.2 Å². The van der Waals surface area contributed by atoms with Crippen LogP contribution in [0, 0.1) is 0 Å². The molecule has 0 spiro atoms. The fourth-order valence-electron chi connectivity index (χ4n) is 5.75. The zero-order valence-electron chi connectivity index (χ0n) is 21.8. The van der Waals surface area contributed by atoms with E-state index in [2.05, 4.69) is 0 Å². The smallest absolute Gasteiger partial charge is 0.288 e. The molecule has 2 aromatic rings. The summed E-state index contributed by atoms with van der Waals surface area (Å²) in [6.45, 7) is 3.20. The lowest BCUT2D eigenvalue weighted by atomic mass is 10.1. The molecule has 3 heterocycles. The Morgan fingerprint density at radius 3 is 1.29 bits per heavy atom. The van der Waals surface area contributed by atoms with Crippen molar-refractivity contribution in [2.75, 3.05) is 40.4 Å². The zero-order valence-corrected chi connectivity index (χ0v) is 21.8. The molecule has 3 fully saturated rings. The molecule has 0 unspecified atom stereocenters. The first-order chi connectivity index (χ1) is 18.4. The van der Waals surface area contributed by atoms with Crippen molar-refractivity contribution in [3.63, 3.8) is 0 Å². The molecule has 0 aromatic heterocycles. The summed E-state index contributed by atoms with van der Waals surface area (Å²) >= 11 is 0. The minimum absolute atomic E-state index is 0.137. The van der Waals surface area contributed by atoms with Gasteiger partial charge in [-0.1, -0.05) is 24.3 Å². The lowest BCUT2D eigenvalue weighted by molar-refractivity contribution is -1.02. The second kappa shape index (κ2) is 10.9. The van der Waals surface area contributed by atoms with Crippen molar-refractivity contribution in [2.24, 2.45) is 0 Å². The molecule has 3 aliphatic heterocycles. The maximum atomic E-state index is 13.2. The molecule has 200 valence electrons. The van der Waals surface area contributed by atoms with Crippen LogP contribution in [0.3, 0.4) is 0 Å². The summed E-state index contributed by atoms with van der Waals surface area (Å²) in [5.41, 5.74) is 1.75. The standard InChI is InChI=1S/C28H32N4O6/c1-37-21-7-3-19(4-8-21)17-31-25(33)15-23(27(31)35)29-11-13-30(14-12-29)24-16-26(34)32(28(24)36)18-20-5-9-22(38-2)10-6-20/h3-10,23-24H,11-18H2,1-2H3/p+2/t23-,24+. The van der Waals surface area contributed by atoms with E-state index in [4.69, 9.17) is 9.47 Å². The normalized spacial score (nSPS) is 25.8. The van der Waals surface area contributed by atoms with Crippen LogP contribution in [0.1, 0.15) is 24.0 Å². The molecule has 3 saturated heterocycles. The molecule has 0 radical (unpaired) electrons. The Kier molecular flexibility index (Phi) is 7.44. The molecule has 2 N–H and O–H groups in total. The maximum absolute atomic E-state index is 13.2. The number of amides is 4. The molecule has 0 bridgehead atoms. The average Bonchev–Trinajstić information content (AvgIpc) is 3.39. The highest BCUT2D eigenvalue weighted by molar-refractivity contribution is 6.05. The number of carbonyl (C=O) groups excluding carboxylic acids is 4. The van der Waals surface area contributed by atoms with Gasteiger partial charge in [0.05, 0.1) is 40.2 Å². The van der Waals surface area contributed by atoms with Gasteiger partial charge in [0.15, 0.2) is 12.1 Å². The van der Waals surface area contributed by atoms with Crippen molar-refractivity contribution >= 4 is 23.6 Å². The third-order valence-corrected chi connectivity index (χ3v) is 8.01. The van der Waals surface area contributed by atoms with E-state index < -0.39 is 12.1 Å². The number of hydrogen-bond acceptors (Lipinski definition) is 6. The van der Waals surface area contributed by atoms with E-state index in [0.29, 0.717) is 26.2 Å². The number of nitrogens with one attached hydrogen (secondary N) is 2. The number of ether oxygens (including phenoxy) is 2. The molecular weight excluding hydrogens is 488 g/mol. The summed E-state index contributed by atoms with van der Waals surface area (Å²) in [6.07, 6.45) is 0.409. The summed E-state index contributed by atoms with van der Waals surface area (Å²) in [5.74, 6) is 0.875. The molecule has 5 rings (SSSR count). The van der Waals surface area contributed by atoms with Gasteiger partial charge in [-0.2, -0.15) is 0 Å². The zero-order chi connectivity index (χ0) is 26.8. The molecule has 4 amide bonds. The average molecular weight is 523 g/mol. The summed E-state index contributed by atoms with van der Waals surface area (Å²) in [4.78, 5) is 56.6. The van der Waals surface area contributed by atoms with E-state index in [0.717, 1.165) is 32.4 Å². The second-order valence-electron chi connectivity index (χ2n) is 10.2. The van der Waals surface area contributed by atoms with Crippen LogP contribution in [0.15, 0.2) is 48.5 Å². The Morgan fingerprint density at radius 1 is 0.632 bits per heavy atom. The monoisotopic (exact) mass is 522 g/mol. The van der Waals surface area contributed by atoms with Gasteiger partial charge in [0.25, 0.3) is 11.8 Å². The molecule has 0 saturated carbocycles. The van der Waals surface area contributed by atoms with Crippen LogP contribution < -0.4 is 19.3 Å². The van der Waals surface area contributed by atoms with Crippen molar-refractivity contribution < 1.29 is 38.5 Å². The van der Waals surface area contributed by atoms with Crippen LogP contribution in [-0.4, -0.2) is 85.9 Å². The molecule has 3 aliphatic rings. The van der Waals surface area contributed by atoms with Gasteiger partial charge in [0.2, 0.25) is 11.8 Å². The van der Waals surface area contributed by atoms with Crippen LogP contribution in [0.2, 0.25) is 0 Å². The largest absolute Gasteiger partial charge is 0.497 e. The summed E-state index contributed by atoms with van der Waals surface area (Å²) in [6, 6.07) is 13.9. The van der Waals surface area contributed by atoms with Crippen LogP contribution in [0.4, 0.5) is 0 Å². The van der Waals surface area contributed by atoms with Crippen molar-refractivity contribution in [3.05, 3.63) is 59.7 Å². The topological polar surface area (TPSA) is 102 Å². The molecular formula is C28H34N4O6+2. The van der Waals surface area contributed by atoms with Crippen LogP contribution in [0.5, 0.6) is 11.5 Å². The minimum atomic E-state index is -0.394. The van der Waals surface area contributed by atoms with Gasteiger partial charge in [-0.15, -0.1) is 0 Å². The quantitative estimate of drug-likeness (QED) is 0.407. The number of methoxy groups -OCH3 is 2. The molecule has 10 heteroatoms. The van der Waals surface area contributed by atoms with E-state index in [-0.39, 0.29) is 49.6 Å². The number of imide groups is 2. The highest BCUT2D eigenvalue weighted by Crippen LogP contribution is 2.19. The third kappa shape index (κ3) is 5.14. The second-order valence-corrected chi connectivity index (χ2v) is 10.2. The van der Waals surface area contributed by atoms with Crippen LogP contribution in [-0.2, 0) is 32.3 Å².